The molecular weight excluding hydrogens is 274 g/mol. The first kappa shape index (κ1) is 14.6. The zero-order valence-corrected chi connectivity index (χ0v) is 11.9. The fourth-order valence-corrected chi connectivity index (χ4v) is 1.66. The number of rotatable bonds is 5. The normalized spacial score (nSPS) is 10.5. The third-order valence-corrected chi connectivity index (χ3v) is 2.50. The average Bonchev–Trinajstić information content (AvgIpc) is 2.37. The Labute approximate surface area is 121 Å². The molecule has 0 atom stereocenters. The minimum absolute atomic E-state index is 0.0810. The van der Waals surface area contributed by atoms with E-state index in [0.717, 1.165) is 5.56 Å². The van der Waals surface area contributed by atoms with Crippen molar-refractivity contribution in [3.8, 4) is 0 Å². The van der Waals surface area contributed by atoms with Crippen molar-refractivity contribution in [1.29, 1.82) is 0 Å². The third-order valence-electron chi connectivity index (χ3n) is 2.50. The molecule has 2 heterocycles. The summed E-state index contributed by atoms with van der Waals surface area (Å²) >= 11 is 0. The van der Waals surface area contributed by atoms with Crippen LogP contribution in [0.1, 0.15) is 5.56 Å². The molecule has 2 N–H and O–H groups in total. The van der Waals surface area contributed by atoms with Crippen LogP contribution in [0.3, 0.4) is 0 Å². The van der Waals surface area contributed by atoms with Crippen molar-refractivity contribution in [3.63, 3.8) is 0 Å². The van der Waals surface area contributed by atoms with Gasteiger partial charge >= 0.3 is 5.69 Å². The van der Waals surface area contributed by atoms with Gasteiger partial charge in [0, 0.05) is 20.3 Å². The van der Waals surface area contributed by atoms with Crippen molar-refractivity contribution in [3.05, 3.63) is 40.3 Å². The highest BCUT2D eigenvalue weighted by atomic mass is 16.6. The quantitative estimate of drug-likeness (QED) is 0.632. The standard InChI is InChI=1S/C12H15N7O2/c1-8-4-5-13-9(6-8)16-11-10(19(20)21)12(15-7-14-11)17-18(2)3/h4-7H,1-3H3,(H2,13,14,15,16,17). The highest BCUT2D eigenvalue weighted by Crippen LogP contribution is 2.30. The highest BCUT2D eigenvalue weighted by molar-refractivity contribution is 5.72. The highest BCUT2D eigenvalue weighted by Gasteiger charge is 2.23. The molecule has 0 saturated heterocycles. The largest absolute Gasteiger partial charge is 0.354 e. The van der Waals surface area contributed by atoms with Crippen molar-refractivity contribution in [2.24, 2.45) is 0 Å². The minimum Gasteiger partial charge on any atom is -0.319 e. The van der Waals surface area contributed by atoms with Gasteiger partial charge in [-0.05, 0) is 24.6 Å². The van der Waals surface area contributed by atoms with Gasteiger partial charge in [0.15, 0.2) is 0 Å². The Hall–Kier alpha value is -2.81. The summed E-state index contributed by atoms with van der Waals surface area (Å²) in [5, 5.41) is 15.7. The van der Waals surface area contributed by atoms with Crippen LogP contribution in [-0.2, 0) is 0 Å². The Morgan fingerprint density at radius 3 is 2.57 bits per heavy atom. The summed E-state index contributed by atoms with van der Waals surface area (Å²) in [6, 6.07) is 3.60. The molecule has 0 aliphatic heterocycles. The van der Waals surface area contributed by atoms with Crippen molar-refractivity contribution < 1.29 is 4.92 Å². The van der Waals surface area contributed by atoms with E-state index in [1.165, 1.54) is 6.33 Å². The number of aromatic nitrogens is 3. The van der Waals surface area contributed by atoms with Crippen molar-refractivity contribution in [2.45, 2.75) is 6.92 Å². The van der Waals surface area contributed by atoms with E-state index in [9.17, 15) is 10.1 Å². The fourth-order valence-electron chi connectivity index (χ4n) is 1.66. The number of nitrogens with zero attached hydrogens (tertiary/aromatic N) is 5. The second-order valence-corrected chi connectivity index (χ2v) is 4.53. The van der Waals surface area contributed by atoms with Crippen LogP contribution < -0.4 is 10.7 Å². The van der Waals surface area contributed by atoms with Crippen LogP contribution in [-0.4, -0.2) is 39.0 Å². The summed E-state index contributed by atoms with van der Waals surface area (Å²) in [5.41, 5.74) is 3.51. The Balaban J connectivity index is 2.41. The first-order valence-corrected chi connectivity index (χ1v) is 6.10. The maximum atomic E-state index is 11.3. The van der Waals surface area contributed by atoms with E-state index in [4.69, 9.17) is 0 Å². The number of nitro groups is 1. The predicted octanol–water partition coefficient (Wildman–Crippen LogP) is 1.72. The summed E-state index contributed by atoms with van der Waals surface area (Å²) in [4.78, 5) is 22.7. The second kappa shape index (κ2) is 6.09. The summed E-state index contributed by atoms with van der Waals surface area (Å²) in [7, 11) is 3.42. The smallest absolute Gasteiger partial charge is 0.319 e. The van der Waals surface area contributed by atoms with Gasteiger partial charge in [-0.25, -0.2) is 20.0 Å². The van der Waals surface area contributed by atoms with Crippen LogP contribution in [0.5, 0.6) is 0 Å². The van der Waals surface area contributed by atoms with E-state index in [1.54, 1.807) is 31.4 Å². The van der Waals surface area contributed by atoms with E-state index in [0.29, 0.717) is 5.82 Å². The number of aryl methyl sites for hydroxylation is 1. The van der Waals surface area contributed by atoms with Gasteiger partial charge in [-0.1, -0.05) is 0 Å². The van der Waals surface area contributed by atoms with Gasteiger partial charge in [0.2, 0.25) is 11.6 Å². The second-order valence-electron chi connectivity index (χ2n) is 4.53. The molecule has 9 nitrogen and oxygen atoms in total. The molecule has 2 rings (SSSR count). The topological polar surface area (TPSA) is 109 Å². The maximum absolute atomic E-state index is 11.3. The van der Waals surface area contributed by atoms with Crippen molar-refractivity contribution in [1.82, 2.24) is 20.0 Å². The van der Waals surface area contributed by atoms with E-state index >= 15 is 0 Å². The first-order valence-electron chi connectivity index (χ1n) is 6.10. The molecule has 0 saturated carbocycles. The SMILES string of the molecule is Cc1ccnc(Nc2ncnc(NN(C)C)c2[N+](=O)[O-])c1. The van der Waals surface area contributed by atoms with E-state index < -0.39 is 4.92 Å². The number of hydrogen-bond acceptors (Lipinski definition) is 8. The Bertz CT molecular complexity index is 660. The Kier molecular flexibility index (Phi) is 4.24. The molecule has 0 aliphatic carbocycles. The average molecular weight is 289 g/mol. The summed E-state index contributed by atoms with van der Waals surface area (Å²) in [6.07, 6.45) is 2.86. The molecular formula is C12H15N7O2. The molecule has 2 aromatic heterocycles. The van der Waals surface area contributed by atoms with Gasteiger partial charge in [-0.15, -0.1) is 0 Å². The molecule has 0 aliphatic rings. The molecule has 0 unspecified atom stereocenters. The fraction of sp³-hybridized carbons (Fsp3) is 0.250. The van der Waals surface area contributed by atoms with Gasteiger partial charge in [-0.2, -0.15) is 0 Å². The van der Waals surface area contributed by atoms with E-state index in [2.05, 4.69) is 25.7 Å². The van der Waals surface area contributed by atoms with Crippen LogP contribution in [0, 0.1) is 17.0 Å². The lowest BCUT2D eigenvalue weighted by Crippen LogP contribution is -2.21. The van der Waals surface area contributed by atoms with Crippen molar-refractivity contribution >= 4 is 23.1 Å². The third kappa shape index (κ3) is 3.60. The molecule has 0 spiro atoms. The van der Waals surface area contributed by atoms with Gasteiger partial charge < -0.3 is 5.32 Å². The number of hydrazine groups is 1. The summed E-state index contributed by atoms with van der Waals surface area (Å²) in [6.45, 7) is 1.90. The van der Waals surface area contributed by atoms with Crippen LogP contribution in [0.25, 0.3) is 0 Å². The zero-order chi connectivity index (χ0) is 15.4. The van der Waals surface area contributed by atoms with Crippen LogP contribution in [0.4, 0.5) is 23.1 Å². The Morgan fingerprint density at radius 1 is 1.24 bits per heavy atom. The molecule has 2 aromatic rings. The number of pyridine rings is 1. The molecule has 110 valence electrons. The first-order chi connectivity index (χ1) is 9.97. The molecule has 0 radical (unpaired) electrons. The van der Waals surface area contributed by atoms with E-state index in [-0.39, 0.29) is 17.3 Å². The van der Waals surface area contributed by atoms with Gasteiger partial charge in [-0.3, -0.25) is 15.5 Å². The molecule has 0 bridgehead atoms. The van der Waals surface area contributed by atoms with Crippen LogP contribution in [0.15, 0.2) is 24.7 Å². The predicted molar refractivity (Wildman–Crippen MR) is 78.3 cm³/mol. The summed E-state index contributed by atoms with van der Waals surface area (Å²) in [5.74, 6) is 0.667. The Morgan fingerprint density at radius 2 is 1.95 bits per heavy atom. The monoisotopic (exact) mass is 289 g/mol. The van der Waals surface area contributed by atoms with Gasteiger partial charge in [0.05, 0.1) is 4.92 Å². The molecule has 9 heteroatoms. The minimum atomic E-state index is -0.538. The van der Waals surface area contributed by atoms with Crippen LogP contribution >= 0.6 is 0 Å². The molecule has 21 heavy (non-hydrogen) atoms. The molecule has 0 amide bonds. The lowest BCUT2D eigenvalue weighted by atomic mass is 10.3. The number of anilines is 3. The number of nitrogens with one attached hydrogen (secondary N) is 2. The van der Waals surface area contributed by atoms with E-state index in [1.807, 2.05) is 13.0 Å². The maximum Gasteiger partial charge on any atom is 0.354 e. The zero-order valence-electron chi connectivity index (χ0n) is 11.9. The lowest BCUT2D eigenvalue weighted by molar-refractivity contribution is -0.383. The van der Waals surface area contributed by atoms with Gasteiger partial charge in [0.1, 0.15) is 12.1 Å². The van der Waals surface area contributed by atoms with Gasteiger partial charge in [0.25, 0.3) is 0 Å². The van der Waals surface area contributed by atoms with Crippen molar-refractivity contribution in [2.75, 3.05) is 24.8 Å². The summed E-state index contributed by atoms with van der Waals surface area (Å²) < 4.78 is 0. The molecule has 0 fully saturated rings. The lowest BCUT2D eigenvalue weighted by Gasteiger charge is -2.13. The molecule has 0 aromatic carbocycles. The van der Waals surface area contributed by atoms with Crippen LogP contribution in [0.2, 0.25) is 0 Å². The number of hydrogen-bond donors (Lipinski definition) is 2.